The fourth-order valence-corrected chi connectivity index (χ4v) is 3.50. The van der Waals surface area contributed by atoms with E-state index in [1.165, 1.54) is 15.7 Å². The third kappa shape index (κ3) is 3.00. The summed E-state index contributed by atoms with van der Waals surface area (Å²) in [6.07, 6.45) is 3.41. The van der Waals surface area contributed by atoms with Crippen LogP contribution in [0, 0.1) is 16.0 Å². The number of aromatic nitrogens is 2. The van der Waals surface area contributed by atoms with Crippen molar-refractivity contribution < 1.29 is 9.72 Å². The highest BCUT2D eigenvalue weighted by Crippen LogP contribution is 2.32. The van der Waals surface area contributed by atoms with Crippen molar-refractivity contribution in [2.45, 2.75) is 32.7 Å². The molecule has 8 nitrogen and oxygen atoms in total. The minimum Gasteiger partial charge on any atom is -0.358 e. The molecule has 1 saturated heterocycles. The molecular weight excluding hydrogens is 318 g/mol. The second kappa shape index (κ2) is 6.15. The van der Waals surface area contributed by atoms with Crippen LogP contribution < -0.4 is 10.2 Å². The number of imidazole rings is 1. The van der Waals surface area contributed by atoms with Gasteiger partial charge in [0.25, 0.3) is 4.96 Å². The second-order valence-corrected chi connectivity index (χ2v) is 6.89. The molecule has 1 fully saturated rings. The Labute approximate surface area is 137 Å². The lowest BCUT2D eigenvalue weighted by Gasteiger charge is -2.33. The van der Waals surface area contributed by atoms with E-state index in [1.807, 2.05) is 18.7 Å². The van der Waals surface area contributed by atoms with Crippen molar-refractivity contribution in [3.63, 3.8) is 0 Å². The molecule has 9 heteroatoms. The molecule has 1 aliphatic rings. The summed E-state index contributed by atoms with van der Waals surface area (Å²) < 4.78 is 1.51. The molecule has 124 valence electrons. The van der Waals surface area contributed by atoms with E-state index in [-0.39, 0.29) is 23.7 Å². The lowest BCUT2D eigenvalue weighted by Crippen LogP contribution is -2.49. The number of piperidine rings is 1. The van der Waals surface area contributed by atoms with Gasteiger partial charge >= 0.3 is 5.82 Å². The van der Waals surface area contributed by atoms with E-state index in [9.17, 15) is 14.9 Å². The minimum atomic E-state index is -0.391. The number of thiazole rings is 1. The van der Waals surface area contributed by atoms with Crippen LogP contribution in [0.1, 0.15) is 26.7 Å². The summed E-state index contributed by atoms with van der Waals surface area (Å²) in [7, 11) is 0. The summed E-state index contributed by atoms with van der Waals surface area (Å²) >= 11 is 1.37. The van der Waals surface area contributed by atoms with Crippen LogP contribution in [-0.2, 0) is 4.79 Å². The number of nitrogens with zero attached hydrogens (tertiary/aromatic N) is 4. The third-order valence-corrected chi connectivity index (χ3v) is 4.74. The van der Waals surface area contributed by atoms with Crippen LogP contribution in [0.25, 0.3) is 4.96 Å². The third-order valence-electron chi connectivity index (χ3n) is 3.98. The lowest BCUT2D eigenvalue weighted by atomic mass is 10.0. The summed E-state index contributed by atoms with van der Waals surface area (Å²) in [6, 6.07) is -0.00186. The number of carbonyl (C=O) groups is 1. The smallest absolute Gasteiger partial charge is 0.358 e. The maximum Gasteiger partial charge on any atom is 0.373 e. The highest BCUT2D eigenvalue weighted by Gasteiger charge is 2.31. The van der Waals surface area contributed by atoms with Crippen LogP contribution >= 0.6 is 11.3 Å². The van der Waals surface area contributed by atoms with Gasteiger partial charge in [-0.05, 0) is 17.8 Å². The van der Waals surface area contributed by atoms with Crippen molar-refractivity contribution in [2.24, 2.45) is 5.92 Å². The number of anilines is 1. The number of rotatable bonds is 4. The van der Waals surface area contributed by atoms with Gasteiger partial charge in [-0.2, -0.15) is 9.38 Å². The Hall–Kier alpha value is -2.16. The molecule has 1 amide bonds. The first-order chi connectivity index (χ1) is 11.0. The number of fused-ring (bicyclic) bond motifs is 1. The highest BCUT2D eigenvalue weighted by molar-refractivity contribution is 7.15. The Morgan fingerprint density at radius 3 is 3.04 bits per heavy atom. The van der Waals surface area contributed by atoms with Crippen molar-refractivity contribution in [1.82, 2.24) is 14.7 Å². The van der Waals surface area contributed by atoms with Gasteiger partial charge in [-0.3, -0.25) is 4.79 Å². The number of nitro groups is 1. The summed E-state index contributed by atoms with van der Waals surface area (Å²) in [4.78, 5) is 29.9. The van der Waals surface area contributed by atoms with Gasteiger partial charge < -0.3 is 20.3 Å². The summed E-state index contributed by atoms with van der Waals surface area (Å²) in [5.41, 5.74) is 0. The van der Waals surface area contributed by atoms with Gasteiger partial charge in [0, 0.05) is 30.4 Å². The van der Waals surface area contributed by atoms with E-state index in [1.54, 1.807) is 11.6 Å². The first-order valence-corrected chi connectivity index (χ1v) is 8.50. The average Bonchev–Trinajstić information content (AvgIpc) is 3.07. The minimum absolute atomic E-state index is 0.00186. The van der Waals surface area contributed by atoms with Gasteiger partial charge in [-0.1, -0.05) is 25.2 Å². The van der Waals surface area contributed by atoms with Crippen molar-refractivity contribution in [3.8, 4) is 0 Å². The molecule has 0 unspecified atom stereocenters. The zero-order valence-corrected chi connectivity index (χ0v) is 13.9. The van der Waals surface area contributed by atoms with Gasteiger partial charge in [0.05, 0.1) is 0 Å². The molecule has 23 heavy (non-hydrogen) atoms. The Morgan fingerprint density at radius 1 is 1.57 bits per heavy atom. The predicted molar refractivity (Wildman–Crippen MR) is 87.9 cm³/mol. The maximum absolute atomic E-state index is 11.9. The predicted octanol–water partition coefficient (Wildman–Crippen LogP) is 2.04. The highest BCUT2D eigenvalue weighted by atomic mass is 32.1. The molecule has 3 heterocycles. The van der Waals surface area contributed by atoms with Crippen LogP contribution in [0.2, 0.25) is 0 Å². The first kappa shape index (κ1) is 15.7. The van der Waals surface area contributed by atoms with Crippen LogP contribution in [-0.4, -0.2) is 39.3 Å². The largest absolute Gasteiger partial charge is 0.373 e. The van der Waals surface area contributed by atoms with Crippen LogP contribution in [0.15, 0.2) is 11.6 Å². The molecule has 1 atom stereocenters. The molecule has 0 spiro atoms. The monoisotopic (exact) mass is 337 g/mol. The number of hydrogen-bond donors (Lipinski definition) is 1. The zero-order chi connectivity index (χ0) is 16.6. The lowest BCUT2D eigenvalue weighted by molar-refractivity contribution is -0.389. The van der Waals surface area contributed by atoms with Gasteiger partial charge in [-0.25, -0.2) is 0 Å². The molecule has 0 aromatic carbocycles. The van der Waals surface area contributed by atoms with Crippen molar-refractivity contribution in [2.75, 3.05) is 18.0 Å². The summed E-state index contributed by atoms with van der Waals surface area (Å²) in [6.45, 7) is 4.96. The van der Waals surface area contributed by atoms with Gasteiger partial charge in [0.2, 0.25) is 11.7 Å². The molecule has 0 aliphatic carbocycles. The number of carbonyl (C=O) groups excluding carboxylic acids is 1. The molecule has 2 aromatic heterocycles. The number of nitrogens with one attached hydrogen (secondary N) is 1. The van der Waals surface area contributed by atoms with E-state index >= 15 is 0 Å². The SMILES string of the molecule is CC(C)C(=O)N[C@H]1CCCN(c2nc3sccn3c2[N+](=O)[O-])C1. The fourth-order valence-electron chi connectivity index (χ4n) is 2.80. The first-order valence-electron chi connectivity index (χ1n) is 7.62. The van der Waals surface area contributed by atoms with Gasteiger partial charge in [0.15, 0.2) is 0 Å². The van der Waals surface area contributed by atoms with E-state index in [0.717, 1.165) is 12.8 Å². The summed E-state index contributed by atoms with van der Waals surface area (Å²) in [5, 5.41) is 16.2. The Balaban J connectivity index is 1.84. The standard InChI is InChI=1S/C14H19N5O3S/c1-9(2)12(20)15-10-4-3-5-17(8-10)11-13(19(21)22)18-6-7-23-14(18)16-11/h6-7,9-10H,3-5,8H2,1-2H3,(H,15,20)/t10-/m0/s1. The second-order valence-electron chi connectivity index (χ2n) is 6.02. The number of hydrogen-bond acceptors (Lipinski definition) is 6. The molecule has 0 saturated carbocycles. The molecule has 1 aliphatic heterocycles. The zero-order valence-electron chi connectivity index (χ0n) is 13.1. The average molecular weight is 337 g/mol. The molecular formula is C14H19N5O3S. The van der Waals surface area contributed by atoms with E-state index in [4.69, 9.17) is 0 Å². The van der Waals surface area contributed by atoms with Crippen LogP contribution in [0.5, 0.6) is 0 Å². The summed E-state index contributed by atoms with van der Waals surface area (Å²) in [5.74, 6) is 0.331. The Kier molecular flexibility index (Phi) is 4.20. The van der Waals surface area contributed by atoms with Gasteiger partial charge in [-0.15, -0.1) is 0 Å². The van der Waals surface area contributed by atoms with Crippen molar-refractivity contribution >= 4 is 33.8 Å². The van der Waals surface area contributed by atoms with Gasteiger partial charge in [0.1, 0.15) is 6.20 Å². The van der Waals surface area contributed by atoms with E-state index < -0.39 is 4.92 Å². The van der Waals surface area contributed by atoms with Crippen LogP contribution in [0.4, 0.5) is 11.6 Å². The maximum atomic E-state index is 11.9. The molecule has 1 N–H and O–H groups in total. The van der Waals surface area contributed by atoms with E-state index in [0.29, 0.717) is 23.9 Å². The molecule has 2 aromatic rings. The van der Waals surface area contributed by atoms with Crippen LogP contribution in [0.3, 0.4) is 0 Å². The quantitative estimate of drug-likeness (QED) is 0.681. The number of amides is 1. The van der Waals surface area contributed by atoms with Crippen molar-refractivity contribution in [1.29, 1.82) is 0 Å². The topological polar surface area (TPSA) is 92.8 Å². The Bertz CT molecular complexity index is 738. The fraction of sp³-hybridized carbons (Fsp3) is 0.571. The molecule has 3 rings (SSSR count). The van der Waals surface area contributed by atoms with E-state index in [2.05, 4.69) is 10.3 Å². The molecule has 0 radical (unpaired) electrons. The normalized spacial score (nSPS) is 18.6. The van der Waals surface area contributed by atoms with Crippen molar-refractivity contribution in [3.05, 3.63) is 21.7 Å². The Morgan fingerprint density at radius 2 is 2.35 bits per heavy atom. The molecule has 0 bridgehead atoms.